The lowest BCUT2D eigenvalue weighted by atomic mass is 10.0. The highest BCUT2D eigenvalue weighted by molar-refractivity contribution is 4.73. The Kier molecular flexibility index (Phi) is 1.95. The van der Waals surface area contributed by atoms with Crippen LogP contribution < -0.4 is 11.4 Å². The Hall–Kier alpha value is -1.26. The van der Waals surface area contributed by atoms with Crippen molar-refractivity contribution in [1.29, 1.82) is 0 Å². The van der Waals surface area contributed by atoms with E-state index in [0.29, 0.717) is 6.42 Å². The number of aromatic amines is 1. The molecule has 12 heavy (non-hydrogen) atoms. The summed E-state index contributed by atoms with van der Waals surface area (Å²) in [6.07, 6.45) is 0.716. The van der Waals surface area contributed by atoms with Crippen LogP contribution in [0.5, 0.6) is 0 Å². The van der Waals surface area contributed by atoms with Gasteiger partial charge in [-0.2, -0.15) is 0 Å². The second-order valence-electron chi connectivity index (χ2n) is 3.27. The van der Waals surface area contributed by atoms with Gasteiger partial charge in [0.05, 0.1) is 5.54 Å². The third-order valence-electron chi connectivity index (χ3n) is 1.98. The molecule has 68 valence electrons. The zero-order chi connectivity index (χ0) is 9.35. The van der Waals surface area contributed by atoms with E-state index in [0.717, 1.165) is 4.74 Å². The van der Waals surface area contributed by atoms with Crippen molar-refractivity contribution in [2.24, 2.45) is 0 Å². The molecule has 0 unspecified atom stereocenters. The van der Waals surface area contributed by atoms with Crippen LogP contribution in [0, 0.1) is 0 Å². The Balaban J connectivity index is 3.28. The van der Waals surface area contributed by atoms with Crippen molar-refractivity contribution in [2.45, 2.75) is 32.7 Å². The Bertz CT molecular complexity index is 368. The molecule has 5 heteroatoms. The quantitative estimate of drug-likeness (QED) is 0.696. The van der Waals surface area contributed by atoms with E-state index in [-0.39, 0.29) is 0 Å². The molecule has 5 nitrogen and oxygen atoms in total. The van der Waals surface area contributed by atoms with Crippen LogP contribution in [0.1, 0.15) is 27.2 Å². The fourth-order valence-electron chi connectivity index (χ4n) is 0.827. The van der Waals surface area contributed by atoms with Crippen LogP contribution in [-0.2, 0) is 5.54 Å². The summed E-state index contributed by atoms with van der Waals surface area (Å²) in [5, 5.41) is 0. The van der Waals surface area contributed by atoms with Crippen LogP contribution in [0.2, 0.25) is 0 Å². The van der Waals surface area contributed by atoms with E-state index < -0.39 is 17.0 Å². The maximum absolute atomic E-state index is 11.1. The molecule has 1 rings (SSSR count). The standard InChI is InChI=1S/C7H12N2O3/c1-4-7(2,3)9-5(10)8-6(11)12-9/h4H2,1-3H3,(H,8,10,11). The van der Waals surface area contributed by atoms with Crippen molar-refractivity contribution in [3.8, 4) is 0 Å². The summed E-state index contributed by atoms with van der Waals surface area (Å²) in [4.78, 5) is 23.7. The second kappa shape index (κ2) is 2.66. The van der Waals surface area contributed by atoms with Crippen LogP contribution >= 0.6 is 0 Å². The van der Waals surface area contributed by atoms with Crippen LogP contribution in [0.4, 0.5) is 0 Å². The summed E-state index contributed by atoms with van der Waals surface area (Å²) >= 11 is 0. The third kappa shape index (κ3) is 1.34. The molecule has 0 aliphatic rings. The Morgan fingerprint density at radius 1 is 1.50 bits per heavy atom. The first kappa shape index (κ1) is 8.83. The molecular weight excluding hydrogens is 160 g/mol. The van der Waals surface area contributed by atoms with Gasteiger partial charge < -0.3 is 4.52 Å². The molecule has 0 fully saturated rings. The van der Waals surface area contributed by atoms with Crippen molar-refractivity contribution >= 4 is 0 Å². The largest absolute Gasteiger partial charge is 0.440 e. The number of hydrogen-bond acceptors (Lipinski definition) is 3. The lowest BCUT2D eigenvalue weighted by Crippen LogP contribution is -2.33. The number of hydrogen-bond donors (Lipinski definition) is 1. The molecule has 1 aromatic rings. The fourth-order valence-corrected chi connectivity index (χ4v) is 0.827. The molecule has 0 saturated heterocycles. The highest BCUT2D eigenvalue weighted by atomic mass is 16.5. The van der Waals surface area contributed by atoms with Gasteiger partial charge in [-0.1, -0.05) is 6.92 Å². The van der Waals surface area contributed by atoms with Gasteiger partial charge in [0.25, 0.3) is 0 Å². The van der Waals surface area contributed by atoms with Gasteiger partial charge in [-0.15, -0.1) is 4.74 Å². The van der Waals surface area contributed by atoms with Crippen molar-refractivity contribution in [2.75, 3.05) is 0 Å². The van der Waals surface area contributed by atoms with E-state index in [1.165, 1.54) is 0 Å². The highest BCUT2D eigenvalue weighted by Gasteiger charge is 2.22. The predicted molar refractivity (Wildman–Crippen MR) is 43.2 cm³/mol. The van der Waals surface area contributed by atoms with E-state index in [2.05, 4.69) is 4.52 Å². The number of nitrogens with one attached hydrogen (secondary N) is 1. The molecule has 0 bridgehead atoms. The van der Waals surface area contributed by atoms with Crippen LogP contribution in [-0.4, -0.2) is 9.72 Å². The van der Waals surface area contributed by atoms with Crippen molar-refractivity contribution in [1.82, 2.24) is 9.72 Å². The van der Waals surface area contributed by atoms with Crippen LogP contribution in [0.3, 0.4) is 0 Å². The first-order valence-electron chi connectivity index (χ1n) is 3.80. The number of H-pyrrole nitrogens is 1. The van der Waals surface area contributed by atoms with Crippen LogP contribution in [0.25, 0.3) is 0 Å². The number of aromatic nitrogens is 2. The predicted octanol–water partition coefficient (Wildman–Crippen LogP) is 0.275. The van der Waals surface area contributed by atoms with Crippen molar-refractivity contribution < 1.29 is 4.52 Å². The number of nitrogens with zero attached hydrogens (tertiary/aromatic N) is 1. The molecule has 0 amide bonds. The zero-order valence-corrected chi connectivity index (χ0v) is 7.38. The minimum absolute atomic E-state index is 0.448. The molecule has 1 aromatic heterocycles. The lowest BCUT2D eigenvalue weighted by molar-refractivity contribution is 0.128. The van der Waals surface area contributed by atoms with E-state index in [4.69, 9.17) is 0 Å². The minimum Gasteiger partial charge on any atom is -0.316 e. The molecule has 0 spiro atoms. The van der Waals surface area contributed by atoms with Gasteiger partial charge in [0.15, 0.2) is 0 Å². The SMILES string of the molecule is CCC(C)(C)n1oc(=O)[nH]c1=O. The zero-order valence-electron chi connectivity index (χ0n) is 7.38. The Morgan fingerprint density at radius 3 is 2.42 bits per heavy atom. The summed E-state index contributed by atoms with van der Waals surface area (Å²) in [6.45, 7) is 5.57. The van der Waals surface area contributed by atoms with Gasteiger partial charge in [-0.05, 0) is 20.3 Å². The van der Waals surface area contributed by atoms with E-state index in [1.807, 2.05) is 25.8 Å². The molecule has 1 N–H and O–H groups in total. The van der Waals surface area contributed by atoms with Crippen molar-refractivity contribution in [3.05, 3.63) is 21.0 Å². The average molecular weight is 172 g/mol. The highest BCUT2D eigenvalue weighted by Crippen LogP contribution is 2.14. The fraction of sp³-hybridized carbons (Fsp3) is 0.714. The molecule has 1 heterocycles. The van der Waals surface area contributed by atoms with Gasteiger partial charge >= 0.3 is 11.4 Å². The van der Waals surface area contributed by atoms with Gasteiger partial charge in [0.2, 0.25) is 0 Å². The molecule has 0 saturated carbocycles. The summed E-state index contributed by atoms with van der Waals surface area (Å²) in [7, 11) is 0. The van der Waals surface area contributed by atoms with E-state index in [1.54, 1.807) is 0 Å². The molecule has 0 aliphatic carbocycles. The summed E-state index contributed by atoms with van der Waals surface area (Å²) < 4.78 is 5.73. The monoisotopic (exact) mass is 172 g/mol. The molecule has 0 radical (unpaired) electrons. The lowest BCUT2D eigenvalue weighted by Gasteiger charge is -2.19. The van der Waals surface area contributed by atoms with Gasteiger partial charge in [-0.25, -0.2) is 14.6 Å². The second-order valence-corrected chi connectivity index (χ2v) is 3.27. The summed E-state index contributed by atoms with van der Waals surface area (Å²) in [6, 6.07) is 0. The van der Waals surface area contributed by atoms with E-state index >= 15 is 0 Å². The summed E-state index contributed by atoms with van der Waals surface area (Å²) in [5.74, 6) is -0.707. The first-order chi connectivity index (χ1) is 5.47. The van der Waals surface area contributed by atoms with Gasteiger partial charge in [0, 0.05) is 0 Å². The van der Waals surface area contributed by atoms with E-state index in [9.17, 15) is 9.59 Å². The smallest absolute Gasteiger partial charge is 0.316 e. The Morgan fingerprint density at radius 2 is 2.08 bits per heavy atom. The topological polar surface area (TPSA) is 68.0 Å². The molecule has 0 aliphatic heterocycles. The summed E-state index contributed by atoms with van der Waals surface area (Å²) in [5.41, 5.74) is -0.942. The third-order valence-corrected chi connectivity index (χ3v) is 1.98. The maximum Gasteiger partial charge on any atom is 0.440 e. The first-order valence-corrected chi connectivity index (χ1v) is 3.80. The van der Waals surface area contributed by atoms with Gasteiger partial charge in [0.1, 0.15) is 0 Å². The molecular formula is C7H12N2O3. The average Bonchev–Trinajstić information content (AvgIpc) is 2.31. The normalized spacial score (nSPS) is 11.9. The molecule has 0 atom stereocenters. The van der Waals surface area contributed by atoms with Crippen LogP contribution in [0.15, 0.2) is 14.1 Å². The van der Waals surface area contributed by atoms with Crippen molar-refractivity contribution in [3.63, 3.8) is 0 Å². The maximum atomic E-state index is 11.1. The molecule has 0 aromatic carbocycles. The minimum atomic E-state index is -0.707. The number of rotatable bonds is 2. The van der Waals surface area contributed by atoms with Gasteiger partial charge in [-0.3, -0.25) is 0 Å². The Labute approximate surface area is 69.0 Å².